The summed E-state index contributed by atoms with van der Waals surface area (Å²) >= 11 is 5.89. The van der Waals surface area contributed by atoms with Gasteiger partial charge < -0.3 is 15.1 Å². The van der Waals surface area contributed by atoms with Gasteiger partial charge in [0.1, 0.15) is 6.04 Å². The minimum Gasteiger partial charge on any atom is -0.327 e. The van der Waals surface area contributed by atoms with Gasteiger partial charge in [-0.05, 0) is 74.2 Å². The van der Waals surface area contributed by atoms with Crippen molar-refractivity contribution in [2.45, 2.75) is 38.1 Å². The van der Waals surface area contributed by atoms with Gasteiger partial charge in [0.05, 0.1) is 0 Å². The lowest BCUT2D eigenvalue weighted by atomic mass is 10.1. The van der Waals surface area contributed by atoms with Crippen LogP contribution in [-0.2, 0) is 9.59 Å². The molecule has 2 heterocycles. The number of benzene rings is 2. The highest BCUT2D eigenvalue weighted by molar-refractivity contribution is 6.30. The molecule has 0 unspecified atom stereocenters. The molecule has 7 heteroatoms. The van der Waals surface area contributed by atoms with E-state index in [1.54, 1.807) is 46.2 Å². The Morgan fingerprint density at radius 2 is 1.67 bits per heavy atom. The van der Waals surface area contributed by atoms with Gasteiger partial charge in [0.2, 0.25) is 11.8 Å². The highest BCUT2D eigenvalue weighted by Gasteiger charge is 2.34. The summed E-state index contributed by atoms with van der Waals surface area (Å²) in [7, 11) is 0. The molecule has 2 aromatic carbocycles. The van der Waals surface area contributed by atoms with Crippen molar-refractivity contribution >= 4 is 40.7 Å². The Balaban J connectivity index is 1.44. The molecule has 30 heavy (non-hydrogen) atoms. The number of carbonyl (C=O) groups excluding carboxylic acids is 3. The van der Waals surface area contributed by atoms with Crippen molar-refractivity contribution in [1.29, 1.82) is 0 Å². The molecule has 2 aromatic rings. The van der Waals surface area contributed by atoms with E-state index in [0.717, 1.165) is 24.9 Å². The molecule has 0 saturated carbocycles. The lowest BCUT2D eigenvalue weighted by molar-refractivity contribution is -0.120. The Morgan fingerprint density at radius 3 is 2.37 bits per heavy atom. The lowest BCUT2D eigenvalue weighted by Crippen LogP contribution is -2.43. The van der Waals surface area contributed by atoms with Gasteiger partial charge in [0.15, 0.2) is 0 Å². The van der Waals surface area contributed by atoms with Crippen molar-refractivity contribution in [3.05, 3.63) is 59.1 Å². The van der Waals surface area contributed by atoms with Crippen molar-refractivity contribution in [3.8, 4) is 0 Å². The minimum absolute atomic E-state index is 0.124. The van der Waals surface area contributed by atoms with Crippen LogP contribution in [0.25, 0.3) is 0 Å². The van der Waals surface area contributed by atoms with Crippen LogP contribution in [0, 0.1) is 0 Å². The second-order valence-corrected chi connectivity index (χ2v) is 8.14. The third kappa shape index (κ3) is 4.33. The number of piperidine rings is 1. The maximum atomic E-state index is 13.1. The van der Waals surface area contributed by atoms with Crippen LogP contribution in [0.5, 0.6) is 0 Å². The second-order valence-electron chi connectivity index (χ2n) is 7.70. The third-order valence-corrected chi connectivity index (χ3v) is 5.93. The van der Waals surface area contributed by atoms with Crippen LogP contribution in [0.2, 0.25) is 5.02 Å². The van der Waals surface area contributed by atoms with E-state index in [1.807, 2.05) is 12.1 Å². The summed E-state index contributed by atoms with van der Waals surface area (Å²) in [4.78, 5) is 41.3. The van der Waals surface area contributed by atoms with Crippen molar-refractivity contribution < 1.29 is 14.4 Å². The molecule has 0 radical (unpaired) electrons. The largest absolute Gasteiger partial charge is 0.327 e. The van der Waals surface area contributed by atoms with E-state index < -0.39 is 6.04 Å². The van der Waals surface area contributed by atoms with Crippen LogP contribution >= 0.6 is 11.6 Å². The molecular weight excluding hydrogens is 402 g/mol. The third-order valence-electron chi connectivity index (χ3n) is 5.68. The zero-order valence-electron chi connectivity index (χ0n) is 16.6. The highest BCUT2D eigenvalue weighted by Crippen LogP contribution is 2.25. The van der Waals surface area contributed by atoms with Crippen molar-refractivity contribution in [3.63, 3.8) is 0 Å². The van der Waals surface area contributed by atoms with Gasteiger partial charge in [0.25, 0.3) is 5.91 Å². The van der Waals surface area contributed by atoms with Gasteiger partial charge in [0, 0.05) is 41.5 Å². The average molecular weight is 426 g/mol. The summed E-state index contributed by atoms with van der Waals surface area (Å²) in [6, 6.07) is 13.5. The fraction of sp³-hybridized carbons (Fsp3) is 0.348. The normalized spacial score (nSPS) is 19.1. The highest BCUT2D eigenvalue weighted by atomic mass is 35.5. The number of anilines is 2. The van der Waals surface area contributed by atoms with Crippen LogP contribution in [0.1, 0.15) is 42.5 Å². The Bertz CT molecular complexity index is 943. The Kier molecular flexibility index (Phi) is 6.04. The van der Waals surface area contributed by atoms with E-state index in [9.17, 15) is 14.4 Å². The molecule has 4 rings (SSSR count). The van der Waals surface area contributed by atoms with Gasteiger partial charge in [-0.15, -0.1) is 0 Å². The maximum absolute atomic E-state index is 13.1. The van der Waals surface area contributed by atoms with E-state index in [1.165, 1.54) is 0 Å². The van der Waals surface area contributed by atoms with Gasteiger partial charge in [-0.1, -0.05) is 11.6 Å². The standard InChI is InChI=1S/C23H24ClN3O3/c24-17-8-10-18(11-9-17)25-22(29)20-4-3-15-27(20)23(30)16-6-12-19(13-7-16)26-14-2-1-5-21(26)28/h6-13,20H,1-5,14-15H2,(H,25,29)/t20-/m0/s1. The first-order valence-corrected chi connectivity index (χ1v) is 10.7. The Labute approximate surface area is 180 Å². The molecule has 0 aromatic heterocycles. The SMILES string of the molecule is O=C(Nc1ccc(Cl)cc1)[C@@H]1CCCN1C(=O)c1ccc(N2CCCCC2=O)cc1. The molecule has 3 amide bonds. The fourth-order valence-electron chi connectivity index (χ4n) is 4.07. The maximum Gasteiger partial charge on any atom is 0.254 e. The summed E-state index contributed by atoms with van der Waals surface area (Å²) in [6.07, 6.45) is 3.90. The van der Waals surface area contributed by atoms with E-state index in [2.05, 4.69) is 5.32 Å². The monoisotopic (exact) mass is 425 g/mol. The Hall–Kier alpha value is -2.86. The molecule has 1 N–H and O–H groups in total. The molecule has 2 aliphatic heterocycles. The van der Waals surface area contributed by atoms with Crippen LogP contribution in [0.15, 0.2) is 48.5 Å². The molecule has 2 fully saturated rings. The van der Waals surface area contributed by atoms with Crippen LogP contribution in [0.3, 0.4) is 0 Å². The van der Waals surface area contributed by atoms with Crippen molar-refractivity contribution in [2.24, 2.45) is 0 Å². The lowest BCUT2D eigenvalue weighted by Gasteiger charge is -2.27. The van der Waals surface area contributed by atoms with Crippen LogP contribution in [-0.4, -0.2) is 41.8 Å². The second kappa shape index (κ2) is 8.88. The summed E-state index contributed by atoms with van der Waals surface area (Å²) in [5, 5.41) is 3.47. The van der Waals surface area contributed by atoms with Gasteiger partial charge >= 0.3 is 0 Å². The number of nitrogens with zero attached hydrogens (tertiary/aromatic N) is 2. The van der Waals surface area contributed by atoms with Gasteiger partial charge in [-0.25, -0.2) is 0 Å². The van der Waals surface area contributed by atoms with E-state index in [0.29, 0.717) is 42.2 Å². The molecular formula is C23H24ClN3O3. The number of likely N-dealkylation sites (tertiary alicyclic amines) is 1. The molecule has 0 bridgehead atoms. The molecule has 0 aliphatic carbocycles. The average Bonchev–Trinajstić information content (AvgIpc) is 3.25. The summed E-state index contributed by atoms with van der Waals surface area (Å²) < 4.78 is 0. The zero-order chi connectivity index (χ0) is 21.1. The fourth-order valence-corrected chi connectivity index (χ4v) is 4.20. The van der Waals surface area contributed by atoms with E-state index in [-0.39, 0.29) is 17.7 Å². The first-order chi connectivity index (χ1) is 14.5. The predicted molar refractivity (Wildman–Crippen MR) is 117 cm³/mol. The molecule has 0 spiro atoms. The number of halogens is 1. The number of hydrogen-bond donors (Lipinski definition) is 1. The predicted octanol–water partition coefficient (Wildman–Crippen LogP) is 4.10. The zero-order valence-corrected chi connectivity index (χ0v) is 17.4. The molecule has 1 atom stereocenters. The summed E-state index contributed by atoms with van der Waals surface area (Å²) in [5.41, 5.74) is 1.99. The molecule has 2 aliphatic rings. The Morgan fingerprint density at radius 1 is 0.933 bits per heavy atom. The molecule has 2 saturated heterocycles. The number of amides is 3. The quantitative estimate of drug-likeness (QED) is 0.801. The molecule has 6 nitrogen and oxygen atoms in total. The van der Waals surface area contributed by atoms with E-state index in [4.69, 9.17) is 11.6 Å². The van der Waals surface area contributed by atoms with Crippen LogP contribution < -0.4 is 10.2 Å². The van der Waals surface area contributed by atoms with Gasteiger partial charge in [-0.2, -0.15) is 0 Å². The smallest absolute Gasteiger partial charge is 0.254 e. The first-order valence-electron chi connectivity index (χ1n) is 10.3. The summed E-state index contributed by atoms with van der Waals surface area (Å²) in [6.45, 7) is 1.26. The summed E-state index contributed by atoms with van der Waals surface area (Å²) in [5.74, 6) is -0.238. The van der Waals surface area contributed by atoms with Crippen molar-refractivity contribution in [1.82, 2.24) is 4.90 Å². The number of nitrogens with one attached hydrogen (secondary N) is 1. The molecule has 156 valence electrons. The minimum atomic E-state index is -0.503. The number of rotatable bonds is 4. The topological polar surface area (TPSA) is 69.7 Å². The van der Waals surface area contributed by atoms with Crippen LogP contribution in [0.4, 0.5) is 11.4 Å². The van der Waals surface area contributed by atoms with Crippen molar-refractivity contribution in [2.75, 3.05) is 23.3 Å². The van der Waals surface area contributed by atoms with Gasteiger partial charge in [-0.3, -0.25) is 14.4 Å². The first kappa shape index (κ1) is 20.4. The number of hydrogen-bond acceptors (Lipinski definition) is 3. The van der Waals surface area contributed by atoms with E-state index >= 15 is 0 Å². The number of carbonyl (C=O) groups is 3.